The van der Waals surface area contributed by atoms with Gasteiger partial charge < -0.3 is 15.0 Å². The van der Waals surface area contributed by atoms with Gasteiger partial charge in [-0.05, 0) is 49.1 Å². The molecule has 1 amide bonds. The molecular formula is C19H17N3O3. The summed E-state index contributed by atoms with van der Waals surface area (Å²) in [6, 6.07) is 9.07. The van der Waals surface area contributed by atoms with E-state index >= 15 is 0 Å². The normalized spacial score (nSPS) is 12.8. The number of carbonyl (C=O) groups excluding carboxylic acids is 1. The molecule has 0 atom stereocenters. The Bertz CT molecular complexity index is 996. The van der Waals surface area contributed by atoms with Crippen LogP contribution in [0.15, 0.2) is 47.5 Å². The summed E-state index contributed by atoms with van der Waals surface area (Å²) in [5.74, 6) is 0.266. The highest BCUT2D eigenvalue weighted by Gasteiger charge is 2.18. The highest BCUT2D eigenvalue weighted by Crippen LogP contribution is 2.27. The van der Waals surface area contributed by atoms with Crippen molar-refractivity contribution in [3.05, 3.63) is 64.2 Å². The molecule has 0 unspecified atom stereocenters. The highest BCUT2D eigenvalue weighted by atomic mass is 16.5. The monoisotopic (exact) mass is 335 g/mol. The van der Waals surface area contributed by atoms with E-state index < -0.39 is 0 Å². The number of carbonyl (C=O) groups is 1. The lowest BCUT2D eigenvalue weighted by atomic mass is 10.1. The third-order valence-corrected chi connectivity index (χ3v) is 4.37. The number of hydrogen-bond donors (Lipinski definition) is 2. The van der Waals surface area contributed by atoms with Crippen LogP contribution in [0.1, 0.15) is 17.5 Å². The number of anilines is 1. The van der Waals surface area contributed by atoms with Crippen LogP contribution in [0.5, 0.6) is 5.75 Å². The Labute approximate surface area is 143 Å². The molecule has 0 aliphatic heterocycles. The third-order valence-electron chi connectivity index (χ3n) is 4.37. The van der Waals surface area contributed by atoms with Crippen LogP contribution in [0.2, 0.25) is 0 Å². The van der Waals surface area contributed by atoms with Crippen LogP contribution in [0.3, 0.4) is 0 Å². The predicted octanol–water partition coefficient (Wildman–Crippen LogP) is 2.43. The first-order valence-electron chi connectivity index (χ1n) is 8.21. The average Bonchev–Trinajstić information content (AvgIpc) is 3.11. The smallest absolute Gasteiger partial charge is 0.262 e. The molecule has 2 N–H and O–H groups in total. The van der Waals surface area contributed by atoms with Gasteiger partial charge in [0.05, 0.1) is 11.7 Å². The van der Waals surface area contributed by atoms with E-state index in [-0.39, 0.29) is 18.1 Å². The molecule has 4 rings (SSSR count). The quantitative estimate of drug-likeness (QED) is 0.767. The van der Waals surface area contributed by atoms with Crippen LogP contribution in [0, 0.1) is 0 Å². The van der Waals surface area contributed by atoms with Crippen molar-refractivity contribution in [2.45, 2.75) is 19.3 Å². The largest absolute Gasteiger partial charge is 0.482 e. The standard InChI is InChI=1S/C19H17N3O3/c23-18(11-25-13-3-2-8-20-10-13)21-12-6-7-15-14-4-1-5-16(14)19(24)22-17(15)9-12/h2-3,6-10H,1,4-5,11H2,(H,21,23)(H,22,24). The zero-order valence-corrected chi connectivity index (χ0v) is 13.5. The van der Waals surface area contributed by atoms with Crippen molar-refractivity contribution in [2.24, 2.45) is 0 Å². The van der Waals surface area contributed by atoms with Gasteiger partial charge in [-0.3, -0.25) is 14.6 Å². The lowest BCUT2D eigenvalue weighted by molar-refractivity contribution is -0.118. The van der Waals surface area contributed by atoms with Crippen LogP contribution in [-0.2, 0) is 17.6 Å². The Morgan fingerprint density at radius 2 is 2.12 bits per heavy atom. The molecule has 0 saturated heterocycles. The Balaban J connectivity index is 1.51. The third kappa shape index (κ3) is 3.10. The van der Waals surface area contributed by atoms with Gasteiger partial charge in [0.1, 0.15) is 5.75 Å². The van der Waals surface area contributed by atoms with E-state index in [0.717, 1.165) is 41.3 Å². The van der Waals surface area contributed by atoms with Crippen LogP contribution in [0.4, 0.5) is 5.69 Å². The van der Waals surface area contributed by atoms with Crippen molar-refractivity contribution in [2.75, 3.05) is 11.9 Å². The fraction of sp³-hybridized carbons (Fsp3) is 0.211. The van der Waals surface area contributed by atoms with E-state index in [4.69, 9.17) is 4.74 Å². The molecule has 126 valence electrons. The van der Waals surface area contributed by atoms with Gasteiger partial charge in [0.25, 0.3) is 11.5 Å². The number of benzene rings is 1. The molecule has 0 spiro atoms. The van der Waals surface area contributed by atoms with E-state index in [1.54, 1.807) is 30.6 Å². The van der Waals surface area contributed by atoms with Crippen molar-refractivity contribution in [3.63, 3.8) is 0 Å². The first-order chi connectivity index (χ1) is 12.2. The molecule has 2 heterocycles. The molecule has 0 saturated carbocycles. The number of fused-ring (bicyclic) bond motifs is 3. The first-order valence-corrected chi connectivity index (χ1v) is 8.21. The second-order valence-corrected chi connectivity index (χ2v) is 6.05. The van der Waals surface area contributed by atoms with E-state index in [0.29, 0.717) is 11.4 Å². The van der Waals surface area contributed by atoms with Gasteiger partial charge in [-0.15, -0.1) is 0 Å². The summed E-state index contributed by atoms with van der Waals surface area (Å²) in [6.45, 7) is -0.107. The number of pyridine rings is 2. The van der Waals surface area contributed by atoms with Crippen LogP contribution >= 0.6 is 0 Å². The molecule has 0 radical (unpaired) electrons. The number of nitrogens with zero attached hydrogens (tertiary/aromatic N) is 1. The molecule has 6 nitrogen and oxygen atoms in total. The number of ether oxygens (including phenoxy) is 1. The molecular weight excluding hydrogens is 318 g/mol. The molecule has 1 aromatic carbocycles. The maximum atomic E-state index is 12.1. The Hall–Kier alpha value is -3.15. The van der Waals surface area contributed by atoms with Crippen LogP contribution in [0.25, 0.3) is 10.9 Å². The lowest BCUT2D eigenvalue weighted by Crippen LogP contribution is -2.20. The maximum absolute atomic E-state index is 12.1. The number of aromatic amines is 1. The van der Waals surface area contributed by atoms with Crippen molar-refractivity contribution in [3.8, 4) is 5.75 Å². The molecule has 0 bridgehead atoms. The summed E-state index contributed by atoms with van der Waals surface area (Å²) in [6.07, 6.45) is 5.97. The molecule has 25 heavy (non-hydrogen) atoms. The number of H-pyrrole nitrogens is 1. The fourth-order valence-corrected chi connectivity index (χ4v) is 3.26. The average molecular weight is 335 g/mol. The minimum Gasteiger partial charge on any atom is -0.482 e. The van der Waals surface area contributed by atoms with Gasteiger partial charge in [0.15, 0.2) is 6.61 Å². The van der Waals surface area contributed by atoms with E-state index in [9.17, 15) is 9.59 Å². The molecule has 1 aliphatic rings. The minimum absolute atomic E-state index is 0.0246. The number of nitrogens with one attached hydrogen (secondary N) is 2. The van der Waals surface area contributed by atoms with Crippen LogP contribution in [-0.4, -0.2) is 22.5 Å². The van der Waals surface area contributed by atoms with Crippen molar-refractivity contribution < 1.29 is 9.53 Å². The second-order valence-electron chi connectivity index (χ2n) is 6.05. The highest BCUT2D eigenvalue weighted by molar-refractivity contribution is 5.95. The van der Waals surface area contributed by atoms with Crippen molar-refractivity contribution >= 4 is 22.5 Å². The summed E-state index contributed by atoms with van der Waals surface area (Å²) in [5, 5.41) is 3.84. The Morgan fingerprint density at radius 1 is 1.24 bits per heavy atom. The summed E-state index contributed by atoms with van der Waals surface area (Å²) in [7, 11) is 0. The summed E-state index contributed by atoms with van der Waals surface area (Å²) < 4.78 is 5.37. The van der Waals surface area contributed by atoms with Gasteiger partial charge in [-0.1, -0.05) is 6.07 Å². The summed E-state index contributed by atoms with van der Waals surface area (Å²) in [5.41, 5.74) is 3.38. The number of rotatable bonds is 4. The fourth-order valence-electron chi connectivity index (χ4n) is 3.26. The zero-order chi connectivity index (χ0) is 17.2. The molecule has 2 aromatic heterocycles. The Kier molecular flexibility index (Phi) is 3.93. The van der Waals surface area contributed by atoms with E-state index in [2.05, 4.69) is 15.3 Å². The lowest BCUT2D eigenvalue weighted by Gasteiger charge is -2.10. The minimum atomic E-state index is -0.272. The topological polar surface area (TPSA) is 84.1 Å². The maximum Gasteiger partial charge on any atom is 0.262 e. The molecule has 3 aromatic rings. The second kappa shape index (κ2) is 6.39. The summed E-state index contributed by atoms with van der Waals surface area (Å²) in [4.78, 5) is 31.0. The first kappa shape index (κ1) is 15.4. The van der Waals surface area contributed by atoms with Gasteiger partial charge in [0, 0.05) is 22.8 Å². The number of aryl methyl sites for hydroxylation is 1. The van der Waals surface area contributed by atoms with Gasteiger partial charge in [-0.2, -0.15) is 0 Å². The SMILES string of the molecule is O=C(COc1cccnc1)Nc1ccc2c3c(c(=O)[nH]c2c1)CCC3. The van der Waals surface area contributed by atoms with Gasteiger partial charge in [-0.25, -0.2) is 0 Å². The molecule has 1 aliphatic carbocycles. The molecule has 0 fully saturated rings. The van der Waals surface area contributed by atoms with E-state index in [1.807, 2.05) is 12.1 Å². The number of aromatic nitrogens is 2. The Morgan fingerprint density at radius 3 is 2.96 bits per heavy atom. The van der Waals surface area contributed by atoms with Gasteiger partial charge in [0.2, 0.25) is 0 Å². The van der Waals surface area contributed by atoms with Crippen molar-refractivity contribution in [1.29, 1.82) is 0 Å². The molecule has 6 heteroatoms. The number of amides is 1. The zero-order valence-electron chi connectivity index (χ0n) is 13.5. The van der Waals surface area contributed by atoms with Crippen molar-refractivity contribution in [1.82, 2.24) is 9.97 Å². The van der Waals surface area contributed by atoms with Gasteiger partial charge >= 0.3 is 0 Å². The number of hydrogen-bond acceptors (Lipinski definition) is 4. The van der Waals surface area contributed by atoms with E-state index in [1.165, 1.54) is 0 Å². The summed E-state index contributed by atoms with van der Waals surface area (Å²) >= 11 is 0. The van der Waals surface area contributed by atoms with Crippen LogP contribution < -0.4 is 15.6 Å². The predicted molar refractivity (Wildman–Crippen MR) is 95.0 cm³/mol.